The highest BCUT2D eigenvalue weighted by Crippen LogP contribution is 2.04. The van der Waals surface area contributed by atoms with Crippen LogP contribution < -0.4 is 5.32 Å². The molecule has 0 radical (unpaired) electrons. The Morgan fingerprint density at radius 3 is 2.94 bits per heavy atom. The van der Waals surface area contributed by atoms with Crippen molar-refractivity contribution in [2.75, 3.05) is 39.8 Å². The number of carbonyl (C=O) groups excluding carboxylic acids is 1. The Bertz CT molecular complexity index is 345. The summed E-state index contributed by atoms with van der Waals surface area (Å²) in [6.45, 7) is 4.86. The molecule has 5 heteroatoms. The molecule has 2 heterocycles. The van der Waals surface area contributed by atoms with Gasteiger partial charge in [0, 0.05) is 33.2 Å². The molecular weight excluding hydrogens is 218 g/mol. The third-order valence-corrected chi connectivity index (χ3v) is 2.97. The first kappa shape index (κ1) is 12.1. The quantitative estimate of drug-likeness (QED) is 0.809. The molecule has 2 rings (SSSR count). The molecule has 1 amide bonds. The molecular formula is C12H19N3O2. The van der Waals surface area contributed by atoms with Crippen LogP contribution in [0.2, 0.25) is 0 Å². The molecule has 5 nitrogen and oxygen atoms in total. The van der Waals surface area contributed by atoms with Crippen molar-refractivity contribution < 1.29 is 9.21 Å². The first-order valence-electron chi connectivity index (χ1n) is 5.95. The van der Waals surface area contributed by atoms with Crippen LogP contribution in [-0.4, -0.2) is 55.5 Å². The van der Waals surface area contributed by atoms with Crippen LogP contribution in [-0.2, 0) is 11.3 Å². The van der Waals surface area contributed by atoms with Crippen molar-refractivity contribution in [2.24, 2.45) is 0 Å². The van der Waals surface area contributed by atoms with Gasteiger partial charge in [-0.3, -0.25) is 9.69 Å². The van der Waals surface area contributed by atoms with Gasteiger partial charge in [-0.05, 0) is 12.1 Å². The predicted octanol–water partition coefficient (Wildman–Crippen LogP) is 0.143. The molecule has 0 unspecified atom stereocenters. The topological polar surface area (TPSA) is 48.7 Å². The second-order valence-electron chi connectivity index (χ2n) is 4.36. The Labute approximate surface area is 101 Å². The van der Waals surface area contributed by atoms with Crippen LogP contribution in [0.25, 0.3) is 0 Å². The van der Waals surface area contributed by atoms with Crippen LogP contribution in [0.3, 0.4) is 0 Å². The number of nitrogens with zero attached hydrogens (tertiary/aromatic N) is 2. The fraction of sp³-hybridized carbons (Fsp3) is 0.583. The molecule has 0 aromatic carbocycles. The van der Waals surface area contributed by atoms with Gasteiger partial charge in [-0.25, -0.2) is 0 Å². The van der Waals surface area contributed by atoms with Gasteiger partial charge in [0.05, 0.1) is 19.4 Å². The third kappa shape index (κ3) is 3.57. The van der Waals surface area contributed by atoms with E-state index in [1.54, 1.807) is 11.2 Å². The van der Waals surface area contributed by atoms with Gasteiger partial charge in [0.25, 0.3) is 0 Å². The van der Waals surface area contributed by atoms with Crippen LogP contribution >= 0.6 is 0 Å². The summed E-state index contributed by atoms with van der Waals surface area (Å²) in [5.74, 6) is 0.962. The lowest BCUT2D eigenvalue weighted by Gasteiger charge is -2.28. The molecule has 94 valence electrons. The van der Waals surface area contributed by atoms with Gasteiger partial charge in [0.15, 0.2) is 0 Å². The average Bonchev–Trinajstić information content (AvgIpc) is 2.83. The summed E-state index contributed by atoms with van der Waals surface area (Å²) >= 11 is 0. The number of amides is 1. The number of hydrogen-bond donors (Lipinski definition) is 1. The second kappa shape index (κ2) is 5.84. The summed E-state index contributed by atoms with van der Waals surface area (Å²) in [5, 5.41) is 3.27. The Balaban J connectivity index is 1.78. The lowest BCUT2D eigenvalue weighted by Crippen LogP contribution is -2.47. The number of rotatable bonds is 4. The monoisotopic (exact) mass is 237 g/mol. The maximum atomic E-state index is 12.0. The fourth-order valence-electron chi connectivity index (χ4n) is 1.91. The summed E-state index contributed by atoms with van der Waals surface area (Å²) in [6.07, 6.45) is 1.63. The van der Waals surface area contributed by atoms with E-state index < -0.39 is 0 Å². The Morgan fingerprint density at radius 2 is 2.29 bits per heavy atom. The van der Waals surface area contributed by atoms with E-state index in [2.05, 4.69) is 10.2 Å². The normalized spacial score (nSPS) is 17.0. The molecule has 0 aliphatic carbocycles. The zero-order chi connectivity index (χ0) is 12.1. The van der Waals surface area contributed by atoms with E-state index in [1.165, 1.54) is 0 Å². The maximum Gasteiger partial charge on any atom is 0.236 e. The van der Waals surface area contributed by atoms with Gasteiger partial charge in [0.2, 0.25) is 5.91 Å². The highest BCUT2D eigenvalue weighted by atomic mass is 16.3. The average molecular weight is 237 g/mol. The highest BCUT2D eigenvalue weighted by molar-refractivity contribution is 5.77. The van der Waals surface area contributed by atoms with E-state index in [0.717, 1.165) is 31.9 Å². The lowest BCUT2D eigenvalue weighted by atomic mass is 10.3. The van der Waals surface area contributed by atoms with Crippen LogP contribution in [0.1, 0.15) is 5.76 Å². The standard InChI is InChI=1S/C12H19N3O2/c1-14(9-11-3-2-8-17-11)12(16)10-15-6-4-13-5-7-15/h2-3,8,13H,4-7,9-10H2,1H3. The number of furan rings is 1. The summed E-state index contributed by atoms with van der Waals surface area (Å²) < 4.78 is 5.23. The Morgan fingerprint density at radius 1 is 1.53 bits per heavy atom. The van der Waals surface area contributed by atoms with E-state index in [9.17, 15) is 4.79 Å². The van der Waals surface area contributed by atoms with Crippen LogP contribution in [0.4, 0.5) is 0 Å². The van der Waals surface area contributed by atoms with Gasteiger partial charge in [-0.15, -0.1) is 0 Å². The number of nitrogens with one attached hydrogen (secondary N) is 1. The summed E-state index contributed by atoms with van der Waals surface area (Å²) in [7, 11) is 1.81. The predicted molar refractivity (Wildman–Crippen MR) is 64.5 cm³/mol. The lowest BCUT2D eigenvalue weighted by molar-refractivity contribution is -0.132. The van der Waals surface area contributed by atoms with E-state index in [4.69, 9.17) is 4.42 Å². The zero-order valence-corrected chi connectivity index (χ0v) is 10.2. The van der Waals surface area contributed by atoms with Gasteiger partial charge in [-0.2, -0.15) is 0 Å². The van der Waals surface area contributed by atoms with Crippen molar-refractivity contribution in [2.45, 2.75) is 6.54 Å². The van der Waals surface area contributed by atoms with E-state index in [-0.39, 0.29) is 5.91 Å². The number of hydrogen-bond acceptors (Lipinski definition) is 4. The molecule has 1 N–H and O–H groups in total. The number of carbonyl (C=O) groups is 1. The summed E-state index contributed by atoms with van der Waals surface area (Å²) in [5.41, 5.74) is 0. The molecule has 1 aliphatic heterocycles. The van der Waals surface area contributed by atoms with Crippen LogP contribution in [0, 0.1) is 0 Å². The minimum absolute atomic E-state index is 0.142. The van der Waals surface area contributed by atoms with Gasteiger partial charge >= 0.3 is 0 Å². The summed E-state index contributed by atoms with van der Waals surface area (Å²) in [6, 6.07) is 3.72. The van der Waals surface area contributed by atoms with E-state index in [1.807, 2.05) is 19.2 Å². The van der Waals surface area contributed by atoms with Crippen molar-refractivity contribution in [3.63, 3.8) is 0 Å². The van der Waals surface area contributed by atoms with Crippen LogP contribution in [0.5, 0.6) is 0 Å². The SMILES string of the molecule is CN(Cc1ccco1)C(=O)CN1CCNCC1. The Hall–Kier alpha value is -1.33. The number of piperazine rings is 1. The molecule has 0 spiro atoms. The van der Waals surface area contributed by atoms with Gasteiger partial charge < -0.3 is 14.6 Å². The van der Waals surface area contributed by atoms with Crippen molar-refractivity contribution >= 4 is 5.91 Å². The molecule has 0 bridgehead atoms. The summed E-state index contributed by atoms with van der Waals surface area (Å²) in [4.78, 5) is 15.8. The smallest absolute Gasteiger partial charge is 0.236 e. The van der Waals surface area contributed by atoms with Crippen molar-refractivity contribution in [3.8, 4) is 0 Å². The highest BCUT2D eigenvalue weighted by Gasteiger charge is 2.16. The first-order valence-corrected chi connectivity index (χ1v) is 5.95. The molecule has 0 atom stereocenters. The molecule has 1 fully saturated rings. The third-order valence-electron chi connectivity index (χ3n) is 2.97. The molecule has 1 aromatic heterocycles. The van der Waals surface area contributed by atoms with E-state index >= 15 is 0 Å². The van der Waals surface area contributed by atoms with Gasteiger partial charge in [0.1, 0.15) is 5.76 Å². The number of likely N-dealkylation sites (N-methyl/N-ethyl adjacent to an activating group) is 1. The fourth-order valence-corrected chi connectivity index (χ4v) is 1.91. The Kier molecular flexibility index (Phi) is 4.17. The molecule has 1 saturated heterocycles. The largest absolute Gasteiger partial charge is 0.467 e. The minimum Gasteiger partial charge on any atom is -0.467 e. The molecule has 17 heavy (non-hydrogen) atoms. The van der Waals surface area contributed by atoms with Crippen molar-refractivity contribution in [1.29, 1.82) is 0 Å². The molecule has 0 saturated carbocycles. The molecule has 1 aromatic rings. The van der Waals surface area contributed by atoms with E-state index in [0.29, 0.717) is 13.1 Å². The maximum absolute atomic E-state index is 12.0. The van der Waals surface area contributed by atoms with Gasteiger partial charge in [-0.1, -0.05) is 0 Å². The molecule has 1 aliphatic rings. The zero-order valence-electron chi connectivity index (χ0n) is 10.2. The second-order valence-corrected chi connectivity index (χ2v) is 4.36. The first-order chi connectivity index (χ1) is 8.25. The van der Waals surface area contributed by atoms with Crippen LogP contribution in [0.15, 0.2) is 22.8 Å². The minimum atomic E-state index is 0.142. The van der Waals surface area contributed by atoms with Crippen molar-refractivity contribution in [1.82, 2.24) is 15.1 Å². The van der Waals surface area contributed by atoms with Crippen molar-refractivity contribution in [3.05, 3.63) is 24.2 Å².